The number of anilines is 1. The largest absolute Gasteiger partial charge is 0.497 e. The van der Waals surface area contributed by atoms with Crippen molar-refractivity contribution in [2.75, 3.05) is 31.6 Å². The van der Waals surface area contributed by atoms with Crippen LogP contribution in [0, 0.1) is 5.92 Å². The first-order valence-corrected chi connectivity index (χ1v) is 11.0. The number of likely N-dealkylation sites (tertiary alicyclic amines) is 1. The van der Waals surface area contributed by atoms with Gasteiger partial charge < -0.3 is 9.64 Å². The number of hydrogen-bond donors (Lipinski definition) is 0. The zero-order chi connectivity index (χ0) is 20.9. The highest BCUT2D eigenvalue weighted by atomic mass is 16.5. The first kappa shape index (κ1) is 20.6. The molecule has 2 aromatic carbocycles. The summed E-state index contributed by atoms with van der Waals surface area (Å²) in [6.07, 6.45) is 5.67. The summed E-state index contributed by atoms with van der Waals surface area (Å²) in [6.45, 7) is 3.82. The molecule has 0 radical (unpaired) electrons. The number of para-hydroxylation sites is 1. The number of methoxy groups -OCH3 is 1. The van der Waals surface area contributed by atoms with Gasteiger partial charge in [-0.25, -0.2) is 0 Å². The molecule has 2 aromatic rings. The van der Waals surface area contributed by atoms with E-state index in [9.17, 15) is 9.59 Å². The number of benzene rings is 2. The maximum absolute atomic E-state index is 12.3. The molecule has 1 saturated heterocycles. The van der Waals surface area contributed by atoms with E-state index in [0.717, 1.165) is 43.9 Å². The Morgan fingerprint density at radius 1 is 1.03 bits per heavy atom. The van der Waals surface area contributed by atoms with Crippen molar-refractivity contribution in [1.82, 2.24) is 4.90 Å². The number of Topliss-reactive ketones (excluding diaryl/α,β-unsaturated/α-hetero) is 1. The van der Waals surface area contributed by atoms with Crippen molar-refractivity contribution in [3.63, 3.8) is 0 Å². The van der Waals surface area contributed by atoms with Crippen LogP contribution in [-0.2, 0) is 11.3 Å². The van der Waals surface area contributed by atoms with E-state index in [2.05, 4.69) is 23.1 Å². The van der Waals surface area contributed by atoms with Crippen molar-refractivity contribution < 1.29 is 14.3 Å². The van der Waals surface area contributed by atoms with Crippen molar-refractivity contribution in [1.29, 1.82) is 0 Å². The summed E-state index contributed by atoms with van der Waals surface area (Å²) in [5.74, 6) is 0.857. The Hall–Kier alpha value is -2.66. The highest BCUT2D eigenvalue weighted by Crippen LogP contribution is 2.30. The van der Waals surface area contributed by atoms with E-state index in [1.54, 1.807) is 18.1 Å². The highest BCUT2D eigenvalue weighted by Gasteiger charge is 2.35. The lowest BCUT2D eigenvalue weighted by Gasteiger charge is -2.21. The minimum absolute atomic E-state index is 0.367. The van der Waals surface area contributed by atoms with Gasteiger partial charge in [0.1, 0.15) is 5.75 Å². The third kappa shape index (κ3) is 4.57. The van der Waals surface area contributed by atoms with Crippen molar-refractivity contribution in [2.45, 2.75) is 38.6 Å². The molecule has 0 aliphatic carbocycles. The molecule has 1 unspecified atom stereocenters. The fourth-order valence-electron chi connectivity index (χ4n) is 4.71. The second-order valence-corrected chi connectivity index (χ2v) is 8.37. The molecule has 30 heavy (non-hydrogen) atoms. The number of fused-ring (bicyclic) bond motifs is 1. The van der Waals surface area contributed by atoms with Gasteiger partial charge >= 0.3 is 0 Å². The molecule has 1 fully saturated rings. The third-order valence-corrected chi connectivity index (χ3v) is 6.35. The fraction of sp³-hybridized carbons (Fsp3) is 0.440. The molecule has 2 aliphatic rings. The van der Waals surface area contributed by atoms with Crippen LogP contribution in [0.1, 0.15) is 48.0 Å². The SMILES string of the molecule is COc1cccc(CN2CCCC(CCCN3C(=O)C(=O)c4ccccc43)CC2)c1. The Labute approximate surface area is 178 Å². The molecular formula is C25H30N2O3. The quantitative estimate of drug-likeness (QED) is 0.643. The van der Waals surface area contributed by atoms with Gasteiger partial charge in [0.15, 0.2) is 0 Å². The van der Waals surface area contributed by atoms with Gasteiger partial charge in [-0.1, -0.05) is 24.3 Å². The summed E-state index contributed by atoms with van der Waals surface area (Å²) >= 11 is 0. The Morgan fingerprint density at radius 3 is 2.77 bits per heavy atom. The van der Waals surface area contributed by atoms with Crippen LogP contribution in [0.25, 0.3) is 0 Å². The van der Waals surface area contributed by atoms with Crippen molar-refractivity contribution in [3.8, 4) is 5.75 Å². The molecule has 158 valence electrons. The van der Waals surface area contributed by atoms with Gasteiger partial charge in [0, 0.05) is 13.1 Å². The second-order valence-electron chi connectivity index (χ2n) is 8.37. The Bertz CT molecular complexity index is 911. The maximum atomic E-state index is 12.3. The number of ether oxygens (including phenoxy) is 1. The molecule has 4 rings (SSSR count). The van der Waals surface area contributed by atoms with Gasteiger partial charge in [0.2, 0.25) is 0 Å². The molecule has 5 heteroatoms. The van der Waals surface area contributed by atoms with Crippen molar-refractivity contribution in [2.24, 2.45) is 5.92 Å². The predicted octanol–water partition coefficient (Wildman–Crippen LogP) is 4.31. The lowest BCUT2D eigenvalue weighted by molar-refractivity contribution is -0.114. The summed E-state index contributed by atoms with van der Waals surface area (Å²) < 4.78 is 5.34. The topological polar surface area (TPSA) is 49.9 Å². The van der Waals surface area contributed by atoms with Gasteiger partial charge in [-0.2, -0.15) is 0 Å². The van der Waals surface area contributed by atoms with E-state index in [1.807, 2.05) is 24.3 Å². The standard InChI is InChI=1S/C25H30N2O3/c1-30-21-10-4-7-20(17-21)18-26-14-5-8-19(13-16-26)9-6-15-27-23-12-3-2-11-22(23)24(28)25(27)29/h2-4,7,10-12,17,19H,5-6,8-9,13-16,18H2,1H3. The summed E-state index contributed by atoms with van der Waals surface area (Å²) in [4.78, 5) is 28.7. The predicted molar refractivity (Wildman–Crippen MR) is 118 cm³/mol. The number of amides is 1. The molecular weight excluding hydrogens is 376 g/mol. The van der Waals surface area contributed by atoms with Crippen LogP contribution >= 0.6 is 0 Å². The number of rotatable bonds is 7. The minimum atomic E-state index is -0.374. The first-order chi connectivity index (χ1) is 14.7. The first-order valence-electron chi connectivity index (χ1n) is 11.0. The van der Waals surface area contributed by atoms with E-state index in [0.29, 0.717) is 18.0 Å². The average Bonchev–Trinajstić information content (AvgIpc) is 2.91. The Balaban J connectivity index is 1.26. The van der Waals surface area contributed by atoms with Gasteiger partial charge in [-0.15, -0.1) is 0 Å². The van der Waals surface area contributed by atoms with Crippen LogP contribution in [0.2, 0.25) is 0 Å². The van der Waals surface area contributed by atoms with Gasteiger partial charge in [-0.3, -0.25) is 14.5 Å². The molecule has 0 spiro atoms. The zero-order valence-electron chi connectivity index (χ0n) is 17.7. The number of ketones is 1. The smallest absolute Gasteiger partial charge is 0.299 e. The number of nitrogens with zero attached hydrogens (tertiary/aromatic N) is 2. The second kappa shape index (κ2) is 9.43. The van der Waals surface area contributed by atoms with Crippen LogP contribution in [-0.4, -0.2) is 43.3 Å². The Morgan fingerprint density at radius 2 is 1.90 bits per heavy atom. The fourth-order valence-corrected chi connectivity index (χ4v) is 4.71. The average molecular weight is 407 g/mol. The summed E-state index contributed by atoms with van der Waals surface area (Å²) in [5.41, 5.74) is 2.62. The number of hydrogen-bond acceptors (Lipinski definition) is 4. The molecule has 2 aliphatic heterocycles. The lowest BCUT2D eigenvalue weighted by atomic mass is 9.95. The number of carbonyl (C=O) groups excluding carboxylic acids is 2. The molecule has 0 aromatic heterocycles. The van der Waals surface area contributed by atoms with Crippen LogP contribution < -0.4 is 9.64 Å². The molecule has 5 nitrogen and oxygen atoms in total. The Kier molecular flexibility index (Phi) is 6.48. The van der Waals surface area contributed by atoms with Gasteiger partial charge in [0.25, 0.3) is 11.7 Å². The lowest BCUT2D eigenvalue weighted by Crippen LogP contribution is -2.31. The van der Waals surface area contributed by atoms with Gasteiger partial charge in [0.05, 0.1) is 18.4 Å². The molecule has 0 saturated carbocycles. The van der Waals surface area contributed by atoms with Crippen molar-refractivity contribution in [3.05, 3.63) is 59.7 Å². The summed E-state index contributed by atoms with van der Waals surface area (Å²) in [5, 5.41) is 0. The molecule has 1 atom stereocenters. The van der Waals surface area contributed by atoms with E-state index < -0.39 is 0 Å². The van der Waals surface area contributed by atoms with Crippen molar-refractivity contribution >= 4 is 17.4 Å². The normalized spacial score (nSPS) is 19.6. The number of carbonyl (C=O) groups is 2. The van der Waals surface area contributed by atoms with Crippen LogP contribution in [0.4, 0.5) is 5.69 Å². The molecule has 0 N–H and O–H groups in total. The monoisotopic (exact) mass is 406 g/mol. The summed E-state index contributed by atoms with van der Waals surface area (Å²) in [6, 6.07) is 15.6. The molecule has 2 heterocycles. The minimum Gasteiger partial charge on any atom is -0.497 e. The summed E-state index contributed by atoms with van der Waals surface area (Å²) in [7, 11) is 1.71. The van der Waals surface area contributed by atoms with Crippen LogP contribution in [0.5, 0.6) is 5.75 Å². The van der Waals surface area contributed by atoms with E-state index in [1.165, 1.54) is 24.8 Å². The van der Waals surface area contributed by atoms with Crippen LogP contribution in [0.15, 0.2) is 48.5 Å². The zero-order valence-corrected chi connectivity index (χ0v) is 17.7. The van der Waals surface area contributed by atoms with Crippen LogP contribution in [0.3, 0.4) is 0 Å². The van der Waals surface area contributed by atoms with Gasteiger partial charge in [-0.05, 0) is 80.9 Å². The van der Waals surface area contributed by atoms with E-state index in [-0.39, 0.29) is 11.7 Å². The third-order valence-electron chi connectivity index (χ3n) is 6.35. The van der Waals surface area contributed by atoms with E-state index in [4.69, 9.17) is 4.74 Å². The maximum Gasteiger partial charge on any atom is 0.299 e. The molecule has 1 amide bonds. The highest BCUT2D eigenvalue weighted by molar-refractivity contribution is 6.52. The van der Waals surface area contributed by atoms with E-state index >= 15 is 0 Å². The molecule has 0 bridgehead atoms.